The molecule has 0 aliphatic rings. The Bertz CT molecular complexity index is 643. The van der Waals surface area contributed by atoms with E-state index in [2.05, 4.69) is 11.2 Å². The van der Waals surface area contributed by atoms with Crippen molar-refractivity contribution in [1.82, 2.24) is 9.78 Å². The van der Waals surface area contributed by atoms with E-state index < -0.39 is 0 Å². The lowest BCUT2D eigenvalue weighted by molar-refractivity contribution is 0.475. The maximum absolute atomic E-state index is 9.44. The van der Waals surface area contributed by atoms with Gasteiger partial charge in [-0.25, -0.2) is 4.68 Å². The van der Waals surface area contributed by atoms with Gasteiger partial charge in [0.1, 0.15) is 5.75 Å². The van der Waals surface area contributed by atoms with Gasteiger partial charge >= 0.3 is 0 Å². The highest BCUT2D eigenvalue weighted by Gasteiger charge is 2.03. The summed E-state index contributed by atoms with van der Waals surface area (Å²) in [6.07, 6.45) is 1.79. The topological polar surface area (TPSA) is 38.0 Å². The van der Waals surface area contributed by atoms with Crippen LogP contribution in [-0.2, 0) is 0 Å². The van der Waals surface area contributed by atoms with Crippen LogP contribution >= 0.6 is 0 Å². The molecular weight excluding hydrogens is 200 g/mol. The molecule has 0 saturated carbocycles. The number of aromatic nitrogens is 2. The summed E-state index contributed by atoms with van der Waals surface area (Å²) < 4.78 is 1.79. The van der Waals surface area contributed by atoms with E-state index >= 15 is 0 Å². The summed E-state index contributed by atoms with van der Waals surface area (Å²) >= 11 is 0. The predicted molar refractivity (Wildman–Crippen MR) is 61.6 cm³/mol. The second-order valence-corrected chi connectivity index (χ2v) is 3.56. The maximum atomic E-state index is 9.44. The molecule has 1 heterocycles. The van der Waals surface area contributed by atoms with Crippen molar-refractivity contribution in [2.45, 2.75) is 0 Å². The minimum atomic E-state index is 0.239. The average molecular weight is 209 g/mol. The largest absolute Gasteiger partial charge is 0.508 e. The first kappa shape index (κ1) is 8.97. The summed E-state index contributed by atoms with van der Waals surface area (Å²) in [7, 11) is 0. The molecule has 0 atom stereocenters. The monoisotopic (exact) mass is 209 g/mol. The molecule has 0 aliphatic heterocycles. The Morgan fingerprint density at radius 2 is 2.19 bits per heavy atom. The van der Waals surface area contributed by atoms with Crippen LogP contribution in [0.25, 0.3) is 16.6 Å². The van der Waals surface area contributed by atoms with Crippen LogP contribution in [0.15, 0.2) is 48.7 Å². The Balaban J connectivity index is 2.26. The number of aromatic hydroxyl groups is 1. The minimum absolute atomic E-state index is 0.239. The predicted octanol–water partition coefficient (Wildman–Crippen LogP) is 2.53. The van der Waals surface area contributed by atoms with Gasteiger partial charge in [0, 0.05) is 11.5 Å². The smallest absolute Gasteiger partial charge is 0.117 e. The number of nitrogens with zero attached hydrogens (tertiary/aromatic N) is 2. The van der Waals surface area contributed by atoms with Gasteiger partial charge in [0.25, 0.3) is 0 Å². The molecule has 1 radical (unpaired) electrons. The zero-order valence-electron chi connectivity index (χ0n) is 8.46. The standard InChI is InChI=1S/C13H9N2O/c16-12-6-3-5-11(8-12)15-13-7-2-1-4-10(13)9-14-15/h2-9,16H. The van der Waals surface area contributed by atoms with Gasteiger partial charge in [0.2, 0.25) is 0 Å². The van der Waals surface area contributed by atoms with Gasteiger partial charge in [-0.05, 0) is 30.3 Å². The van der Waals surface area contributed by atoms with Gasteiger partial charge in [0.05, 0.1) is 17.4 Å². The first-order valence-electron chi connectivity index (χ1n) is 4.98. The molecule has 1 N–H and O–H groups in total. The molecule has 0 unspecified atom stereocenters. The second kappa shape index (κ2) is 3.38. The quantitative estimate of drug-likeness (QED) is 0.668. The zero-order chi connectivity index (χ0) is 11.0. The van der Waals surface area contributed by atoms with E-state index in [1.54, 1.807) is 29.1 Å². The highest BCUT2D eigenvalue weighted by molar-refractivity contribution is 5.79. The van der Waals surface area contributed by atoms with Crippen LogP contribution in [0.5, 0.6) is 5.75 Å². The van der Waals surface area contributed by atoms with Gasteiger partial charge in [0.15, 0.2) is 0 Å². The van der Waals surface area contributed by atoms with Gasteiger partial charge in [-0.2, -0.15) is 5.10 Å². The van der Waals surface area contributed by atoms with Crippen molar-refractivity contribution in [3.05, 3.63) is 54.7 Å². The van der Waals surface area contributed by atoms with Crippen molar-refractivity contribution < 1.29 is 5.11 Å². The molecule has 2 aromatic carbocycles. The molecule has 0 spiro atoms. The van der Waals surface area contributed by atoms with Crippen molar-refractivity contribution in [2.24, 2.45) is 0 Å². The van der Waals surface area contributed by atoms with Crippen LogP contribution in [0.3, 0.4) is 0 Å². The molecule has 77 valence electrons. The first-order valence-corrected chi connectivity index (χ1v) is 4.98. The van der Waals surface area contributed by atoms with E-state index in [1.165, 1.54) is 0 Å². The number of benzene rings is 2. The number of hydrogen-bond donors (Lipinski definition) is 1. The van der Waals surface area contributed by atoms with Crippen LogP contribution < -0.4 is 0 Å². The first-order chi connectivity index (χ1) is 7.84. The molecule has 0 fully saturated rings. The number of fused-ring (bicyclic) bond motifs is 1. The number of rotatable bonds is 1. The van der Waals surface area contributed by atoms with Gasteiger partial charge in [-0.3, -0.25) is 0 Å². The fraction of sp³-hybridized carbons (Fsp3) is 0. The van der Waals surface area contributed by atoms with Crippen molar-refractivity contribution >= 4 is 10.9 Å². The third-order valence-corrected chi connectivity index (χ3v) is 2.49. The molecule has 3 nitrogen and oxygen atoms in total. The average Bonchev–Trinajstić information content (AvgIpc) is 2.72. The molecule has 1 aromatic heterocycles. The second-order valence-electron chi connectivity index (χ2n) is 3.56. The summed E-state index contributed by atoms with van der Waals surface area (Å²) in [6, 6.07) is 15.7. The van der Waals surface area contributed by atoms with Crippen LogP contribution in [0.4, 0.5) is 0 Å². The third-order valence-electron chi connectivity index (χ3n) is 2.49. The summed E-state index contributed by atoms with van der Waals surface area (Å²) in [4.78, 5) is 0. The lowest BCUT2D eigenvalue weighted by Gasteiger charge is -2.03. The van der Waals surface area contributed by atoms with Crippen LogP contribution in [0.2, 0.25) is 0 Å². The fourth-order valence-electron chi connectivity index (χ4n) is 1.74. The van der Waals surface area contributed by atoms with Gasteiger partial charge in [-0.15, -0.1) is 0 Å². The number of hydrogen-bond acceptors (Lipinski definition) is 2. The summed E-state index contributed by atoms with van der Waals surface area (Å²) in [5.41, 5.74) is 1.85. The van der Waals surface area contributed by atoms with Crippen molar-refractivity contribution in [2.75, 3.05) is 0 Å². The Hall–Kier alpha value is -2.29. The molecule has 0 amide bonds. The van der Waals surface area contributed by atoms with Crippen molar-refractivity contribution in [3.8, 4) is 11.4 Å². The third kappa shape index (κ3) is 1.34. The Labute approximate surface area is 92.6 Å². The minimum Gasteiger partial charge on any atom is -0.508 e. The molecule has 3 rings (SSSR count). The molecule has 16 heavy (non-hydrogen) atoms. The molecule has 0 saturated heterocycles. The maximum Gasteiger partial charge on any atom is 0.117 e. The van der Waals surface area contributed by atoms with E-state index in [4.69, 9.17) is 0 Å². The molecule has 3 heteroatoms. The summed E-state index contributed by atoms with van der Waals surface area (Å²) in [5.74, 6) is 0.239. The fourth-order valence-corrected chi connectivity index (χ4v) is 1.74. The molecular formula is C13H9N2O. The SMILES string of the molecule is Oc1cccc(-n2ncc3c[c]ccc32)c1. The van der Waals surface area contributed by atoms with E-state index in [9.17, 15) is 5.11 Å². The normalized spacial score (nSPS) is 10.8. The molecule has 3 aromatic rings. The van der Waals surface area contributed by atoms with Crippen molar-refractivity contribution in [1.29, 1.82) is 0 Å². The van der Waals surface area contributed by atoms with Gasteiger partial charge < -0.3 is 5.11 Å². The molecule has 0 aliphatic carbocycles. The van der Waals surface area contributed by atoms with E-state index in [1.807, 2.05) is 24.3 Å². The Morgan fingerprint density at radius 1 is 1.25 bits per heavy atom. The number of phenolic OH excluding ortho intramolecular Hbond substituents is 1. The van der Waals surface area contributed by atoms with Crippen LogP contribution in [-0.4, -0.2) is 14.9 Å². The number of phenols is 1. The van der Waals surface area contributed by atoms with E-state index in [0.29, 0.717) is 0 Å². The highest BCUT2D eigenvalue weighted by atomic mass is 16.3. The lowest BCUT2D eigenvalue weighted by atomic mass is 10.2. The Kier molecular flexibility index (Phi) is 1.90. The Morgan fingerprint density at radius 3 is 3.06 bits per heavy atom. The van der Waals surface area contributed by atoms with Gasteiger partial charge in [-0.1, -0.05) is 12.1 Å². The van der Waals surface area contributed by atoms with Crippen molar-refractivity contribution in [3.63, 3.8) is 0 Å². The van der Waals surface area contributed by atoms with Crippen LogP contribution in [0, 0.1) is 6.07 Å². The van der Waals surface area contributed by atoms with Crippen LogP contribution in [0.1, 0.15) is 0 Å². The highest BCUT2D eigenvalue weighted by Crippen LogP contribution is 2.20. The lowest BCUT2D eigenvalue weighted by Crippen LogP contribution is -1.94. The zero-order valence-corrected chi connectivity index (χ0v) is 8.46. The molecule has 0 bridgehead atoms. The summed E-state index contributed by atoms with van der Waals surface area (Å²) in [5, 5.41) is 14.8. The van der Waals surface area contributed by atoms with E-state index in [-0.39, 0.29) is 5.75 Å². The van der Waals surface area contributed by atoms with E-state index in [0.717, 1.165) is 16.6 Å². The summed E-state index contributed by atoms with van der Waals surface area (Å²) in [6.45, 7) is 0.